The molecule has 1 aliphatic heterocycles. The summed E-state index contributed by atoms with van der Waals surface area (Å²) in [4.78, 5) is 25.3. The predicted molar refractivity (Wildman–Crippen MR) is 82.3 cm³/mol. The number of aliphatic carboxylic acids is 1. The Balaban J connectivity index is 2.28. The van der Waals surface area contributed by atoms with E-state index in [4.69, 9.17) is 5.11 Å². The van der Waals surface area contributed by atoms with Gasteiger partial charge in [-0.2, -0.15) is 0 Å². The van der Waals surface area contributed by atoms with Crippen molar-refractivity contribution in [1.82, 2.24) is 15.5 Å². The normalized spacial score (nSPS) is 19.0. The summed E-state index contributed by atoms with van der Waals surface area (Å²) >= 11 is 0. The van der Waals surface area contributed by atoms with Crippen LogP contribution in [0.4, 0.5) is 4.79 Å². The van der Waals surface area contributed by atoms with Gasteiger partial charge in [0.1, 0.15) is 6.04 Å². The van der Waals surface area contributed by atoms with Crippen molar-refractivity contribution in [3.8, 4) is 0 Å². The molecule has 0 spiro atoms. The highest BCUT2D eigenvalue weighted by atomic mass is 16.4. The minimum atomic E-state index is -1.01. The third-order valence-corrected chi connectivity index (χ3v) is 4.06. The fourth-order valence-corrected chi connectivity index (χ4v) is 2.57. The molecule has 122 valence electrons. The van der Waals surface area contributed by atoms with E-state index in [9.17, 15) is 9.59 Å². The lowest BCUT2D eigenvalue weighted by Gasteiger charge is -2.29. The highest BCUT2D eigenvalue weighted by Crippen LogP contribution is 2.20. The topological polar surface area (TPSA) is 81.7 Å². The van der Waals surface area contributed by atoms with E-state index in [1.807, 2.05) is 0 Å². The van der Waals surface area contributed by atoms with Crippen LogP contribution in [0.15, 0.2) is 0 Å². The van der Waals surface area contributed by atoms with E-state index in [2.05, 4.69) is 22.6 Å². The number of carbonyl (C=O) groups is 2. The van der Waals surface area contributed by atoms with Crippen LogP contribution >= 0.6 is 0 Å². The summed E-state index contributed by atoms with van der Waals surface area (Å²) in [5.74, 6) is -0.354. The maximum atomic E-state index is 11.8. The van der Waals surface area contributed by atoms with Gasteiger partial charge in [0.05, 0.1) is 0 Å². The Morgan fingerprint density at radius 1 is 1.29 bits per heavy atom. The highest BCUT2D eigenvalue weighted by molar-refractivity contribution is 5.83. The van der Waals surface area contributed by atoms with Gasteiger partial charge in [0.2, 0.25) is 0 Å². The highest BCUT2D eigenvalue weighted by Gasteiger charge is 2.32. The van der Waals surface area contributed by atoms with Gasteiger partial charge >= 0.3 is 12.0 Å². The van der Waals surface area contributed by atoms with Gasteiger partial charge in [-0.3, -0.25) is 0 Å². The summed E-state index contributed by atoms with van der Waals surface area (Å²) in [5.41, 5.74) is -0.517. The molecule has 0 aromatic carbocycles. The summed E-state index contributed by atoms with van der Waals surface area (Å²) in [6.07, 6.45) is 3.29. The molecule has 1 rings (SSSR count). The lowest BCUT2D eigenvalue weighted by Crippen LogP contribution is -2.52. The van der Waals surface area contributed by atoms with Crippen LogP contribution in [0.2, 0.25) is 0 Å². The number of nitrogens with one attached hydrogen (secondary N) is 2. The maximum Gasteiger partial charge on any atom is 0.326 e. The molecule has 6 nitrogen and oxygen atoms in total. The van der Waals surface area contributed by atoms with E-state index in [1.165, 1.54) is 12.8 Å². The van der Waals surface area contributed by atoms with E-state index in [0.29, 0.717) is 12.5 Å². The van der Waals surface area contributed by atoms with Crippen molar-refractivity contribution in [2.45, 2.75) is 46.1 Å². The van der Waals surface area contributed by atoms with Crippen LogP contribution in [0, 0.1) is 11.3 Å². The fraction of sp³-hybridized carbons (Fsp3) is 0.867. The van der Waals surface area contributed by atoms with Crippen molar-refractivity contribution in [2.75, 3.05) is 26.7 Å². The smallest absolute Gasteiger partial charge is 0.326 e. The Morgan fingerprint density at radius 3 is 2.33 bits per heavy atom. The molecule has 2 amide bonds. The Bertz CT molecular complexity index is 358. The van der Waals surface area contributed by atoms with Crippen molar-refractivity contribution < 1.29 is 14.7 Å². The van der Waals surface area contributed by atoms with Gasteiger partial charge in [-0.15, -0.1) is 0 Å². The molecule has 0 aliphatic carbocycles. The third kappa shape index (κ3) is 6.33. The first-order valence-electron chi connectivity index (χ1n) is 7.66. The Morgan fingerprint density at radius 2 is 1.86 bits per heavy atom. The molecular formula is C15H29N3O3. The molecule has 1 unspecified atom stereocenters. The van der Waals surface area contributed by atoms with Crippen LogP contribution in [0.5, 0.6) is 0 Å². The lowest BCUT2D eigenvalue weighted by atomic mass is 9.87. The van der Waals surface area contributed by atoms with Crippen LogP contribution in [0.25, 0.3) is 0 Å². The number of nitrogens with zero attached hydrogens (tertiary/aromatic N) is 1. The van der Waals surface area contributed by atoms with Gasteiger partial charge in [-0.05, 0) is 50.7 Å². The van der Waals surface area contributed by atoms with Gasteiger partial charge in [-0.1, -0.05) is 20.8 Å². The largest absolute Gasteiger partial charge is 0.480 e. The Labute approximate surface area is 127 Å². The summed E-state index contributed by atoms with van der Waals surface area (Å²) in [6.45, 7) is 8.21. The molecular weight excluding hydrogens is 270 g/mol. The molecule has 21 heavy (non-hydrogen) atoms. The van der Waals surface area contributed by atoms with E-state index in [1.54, 1.807) is 20.8 Å². The predicted octanol–water partition coefficient (Wildman–Crippen LogP) is 1.52. The molecule has 0 aromatic heterocycles. The van der Waals surface area contributed by atoms with Crippen molar-refractivity contribution >= 4 is 12.0 Å². The van der Waals surface area contributed by atoms with Gasteiger partial charge in [0.25, 0.3) is 0 Å². The zero-order valence-electron chi connectivity index (χ0n) is 13.6. The van der Waals surface area contributed by atoms with E-state index >= 15 is 0 Å². The van der Waals surface area contributed by atoms with Crippen molar-refractivity contribution in [3.63, 3.8) is 0 Å². The number of hydrogen-bond acceptors (Lipinski definition) is 3. The van der Waals surface area contributed by atoms with Gasteiger partial charge in [0.15, 0.2) is 0 Å². The molecule has 1 heterocycles. The zero-order valence-corrected chi connectivity index (χ0v) is 13.6. The third-order valence-electron chi connectivity index (χ3n) is 4.06. The number of carboxylic acids is 1. The first-order chi connectivity index (χ1) is 9.70. The van der Waals surface area contributed by atoms with E-state index < -0.39 is 23.5 Å². The molecule has 1 saturated heterocycles. The van der Waals surface area contributed by atoms with Gasteiger partial charge in [0, 0.05) is 6.54 Å². The maximum absolute atomic E-state index is 11.8. The van der Waals surface area contributed by atoms with Crippen molar-refractivity contribution in [1.29, 1.82) is 0 Å². The number of carboxylic acid groups (broad SMARTS) is 1. The number of rotatable bonds is 5. The fourth-order valence-electron chi connectivity index (χ4n) is 2.57. The molecule has 0 bridgehead atoms. The first kappa shape index (κ1) is 17.8. The van der Waals surface area contributed by atoms with Gasteiger partial charge < -0.3 is 20.6 Å². The SMILES string of the molecule is CN1CCC(CCNC(=O)NC(C(=O)O)C(C)(C)C)CC1. The van der Waals surface area contributed by atoms with Crippen LogP contribution in [0.3, 0.4) is 0 Å². The number of piperidine rings is 1. The summed E-state index contributed by atoms with van der Waals surface area (Å²) in [7, 11) is 2.13. The molecule has 0 aromatic rings. The second-order valence-electron chi connectivity index (χ2n) is 7.07. The van der Waals surface area contributed by atoms with Crippen LogP contribution < -0.4 is 10.6 Å². The second kappa shape index (κ2) is 7.64. The van der Waals surface area contributed by atoms with E-state index in [-0.39, 0.29) is 0 Å². The summed E-state index contributed by atoms with van der Waals surface area (Å²) in [5, 5.41) is 14.5. The summed E-state index contributed by atoms with van der Waals surface area (Å²) < 4.78 is 0. The van der Waals surface area contributed by atoms with Crippen molar-refractivity contribution in [2.24, 2.45) is 11.3 Å². The average Bonchev–Trinajstić information content (AvgIpc) is 2.36. The first-order valence-corrected chi connectivity index (χ1v) is 7.66. The molecule has 6 heteroatoms. The average molecular weight is 299 g/mol. The molecule has 3 N–H and O–H groups in total. The molecule has 0 radical (unpaired) electrons. The molecule has 1 aliphatic rings. The van der Waals surface area contributed by atoms with Gasteiger partial charge in [-0.25, -0.2) is 9.59 Å². The van der Waals surface area contributed by atoms with Crippen LogP contribution in [0.1, 0.15) is 40.0 Å². The number of amides is 2. The Hall–Kier alpha value is -1.30. The zero-order chi connectivity index (χ0) is 16.0. The number of carbonyl (C=O) groups excluding carboxylic acids is 1. The minimum Gasteiger partial charge on any atom is -0.480 e. The number of hydrogen-bond donors (Lipinski definition) is 3. The number of urea groups is 1. The van der Waals surface area contributed by atoms with Crippen molar-refractivity contribution in [3.05, 3.63) is 0 Å². The molecule has 0 saturated carbocycles. The second-order valence-corrected chi connectivity index (χ2v) is 7.07. The molecule has 1 atom stereocenters. The number of likely N-dealkylation sites (tertiary alicyclic amines) is 1. The summed E-state index contributed by atoms with van der Waals surface area (Å²) in [6, 6.07) is -1.29. The quantitative estimate of drug-likeness (QED) is 0.719. The Kier molecular flexibility index (Phi) is 6.45. The lowest BCUT2D eigenvalue weighted by molar-refractivity contribution is -0.141. The van der Waals surface area contributed by atoms with Crippen LogP contribution in [-0.4, -0.2) is 54.7 Å². The monoisotopic (exact) mass is 299 g/mol. The minimum absolute atomic E-state index is 0.398. The van der Waals surface area contributed by atoms with E-state index in [0.717, 1.165) is 19.5 Å². The standard InChI is InChI=1S/C15H29N3O3/c1-15(2,3)12(13(19)20)17-14(21)16-8-5-11-6-9-18(4)10-7-11/h11-12H,5-10H2,1-4H3,(H,19,20)(H2,16,17,21). The van der Waals surface area contributed by atoms with Crippen LogP contribution in [-0.2, 0) is 4.79 Å². The molecule has 1 fully saturated rings.